The van der Waals surface area contributed by atoms with Crippen molar-refractivity contribution in [1.29, 1.82) is 0 Å². The Kier molecular flexibility index (Phi) is 3.86. The van der Waals surface area contributed by atoms with Crippen molar-refractivity contribution in [3.63, 3.8) is 0 Å². The molecule has 0 saturated heterocycles. The van der Waals surface area contributed by atoms with E-state index >= 15 is 0 Å². The highest BCUT2D eigenvalue weighted by Crippen LogP contribution is 2.59. The maximum absolute atomic E-state index is 13.3. The molecule has 5 rings (SSSR count). The van der Waals surface area contributed by atoms with Gasteiger partial charge in [-0.25, -0.2) is 0 Å². The first-order chi connectivity index (χ1) is 13.3. The summed E-state index contributed by atoms with van der Waals surface area (Å²) in [4.78, 5) is 38.8. The first-order valence-electron chi connectivity index (χ1n) is 10.4. The van der Waals surface area contributed by atoms with E-state index in [1.807, 2.05) is 0 Å². The lowest BCUT2D eigenvalue weighted by Crippen LogP contribution is -2.50. The molecule has 0 unspecified atom stereocenters. The first kappa shape index (κ1) is 18.0. The lowest BCUT2D eigenvalue weighted by Gasteiger charge is -2.41. The van der Waals surface area contributed by atoms with E-state index in [0.717, 1.165) is 12.8 Å². The Labute approximate surface area is 164 Å². The van der Waals surface area contributed by atoms with Gasteiger partial charge in [-0.1, -0.05) is 26.0 Å². The van der Waals surface area contributed by atoms with Crippen molar-refractivity contribution >= 4 is 17.3 Å². The van der Waals surface area contributed by atoms with Crippen LogP contribution in [0.5, 0.6) is 5.75 Å². The van der Waals surface area contributed by atoms with Crippen LogP contribution in [0.15, 0.2) is 18.2 Å². The SMILES string of the molecule is CC1(C)[C@@H]2CC[C@@H]1[C@@H](O[C@@H]1CC(=O)C[C@H]3C(=O)c4cccc(O)c4C(=O)[C@H]13)C2. The fourth-order valence-corrected chi connectivity index (χ4v) is 6.51. The lowest BCUT2D eigenvalue weighted by molar-refractivity contribution is -0.134. The summed E-state index contributed by atoms with van der Waals surface area (Å²) in [5.74, 6) is -0.936. The molecule has 0 aromatic heterocycles. The van der Waals surface area contributed by atoms with E-state index in [1.54, 1.807) is 12.1 Å². The molecule has 1 N–H and O–H groups in total. The molecular weight excluding hydrogens is 356 g/mol. The number of rotatable bonds is 2. The van der Waals surface area contributed by atoms with Gasteiger partial charge in [0, 0.05) is 24.3 Å². The van der Waals surface area contributed by atoms with Gasteiger partial charge in [0.25, 0.3) is 0 Å². The van der Waals surface area contributed by atoms with E-state index in [9.17, 15) is 19.5 Å². The number of fused-ring (bicyclic) bond motifs is 4. The van der Waals surface area contributed by atoms with Gasteiger partial charge in [-0.05, 0) is 42.6 Å². The van der Waals surface area contributed by atoms with Crippen molar-refractivity contribution in [3.8, 4) is 5.75 Å². The molecule has 0 heterocycles. The summed E-state index contributed by atoms with van der Waals surface area (Å²) in [6, 6.07) is 4.57. The van der Waals surface area contributed by atoms with Crippen molar-refractivity contribution in [1.82, 2.24) is 0 Å². The molecular formula is C23H26O5. The standard InChI is InChI=1S/C23H26O5/c1-23(2)11-6-7-15(23)17(8-11)28-18-10-12(24)9-14-20(18)22(27)19-13(21(14)26)4-3-5-16(19)25/h3-5,11,14-15,17-18,20,25H,6-10H2,1-2H3/t11-,14-,15-,17+,18-,20+/m1/s1. The minimum absolute atomic E-state index is 0.0154. The van der Waals surface area contributed by atoms with Gasteiger partial charge in [-0.15, -0.1) is 0 Å². The van der Waals surface area contributed by atoms with E-state index in [1.165, 1.54) is 12.5 Å². The Bertz CT molecular complexity index is 885. The van der Waals surface area contributed by atoms with Crippen molar-refractivity contribution in [2.24, 2.45) is 29.1 Å². The molecule has 1 aromatic carbocycles. The zero-order chi connectivity index (χ0) is 19.8. The summed E-state index contributed by atoms with van der Waals surface area (Å²) in [5, 5.41) is 10.2. The minimum atomic E-state index is -0.673. The molecule has 4 aliphatic carbocycles. The van der Waals surface area contributed by atoms with Gasteiger partial charge < -0.3 is 9.84 Å². The highest BCUT2D eigenvalue weighted by molar-refractivity contribution is 6.18. The molecule has 6 atom stereocenters. The Morgan fingerprint density at radius 2 is 1.82 bits per heavy atom. The number of hydrogen-bond donors (Lipinski definition) is 1. The second kappa shape index (κ2) is 5.99. The largest absolute Gasteiger partial charge is 0.507 e. The summed E-state index contributed by atoms with van der Waals surface area (Å²) in [7, 11) is 0. The van der Waals surface area contributed by atoms with Crippen molar-refractivity contribution in [2.75, 3.05) is 0 Å². The molecule has 2 bridgehead atoms. The quantitative estimate of drug-likeness (QED) is 0.846. The van der Waals surface area contributed by atoms with Crippen LogP contribution in [0, 0.1) is 29.1 Å². The molecule has 148 valence electrons. The maximum atomic E-state index is 13.3. The highest BCUT2D eigenvalue weighted by atomic mass is 16.5. The van der Waals surface area contributed by atoms with E-state index < -0.39 is 17.9 Å². The fourth-order valence-electron chi connectivity index (χ4n) is 6.51. The number of aromatic hydroxyl groups is 1. The number of phenols is 1. The van der Waals surface area contributed by atoms with Crippen LogP contribution in [0.2, 0.25) is 0 Å². The molecule has 28 heavy (non-hydrogen) atoms. The van der Waals surface area contributed by atoms with Gasteiger partial charge in [0.15, 0.2) is 11.6 Å². The van der Waals surface area contributed by atoms with Crippen LogP contribution in [-0.2, 0) is 9.53 Å². The third-order valence-corrected chi connectivity index (χ3v) is 8.05. The molecule has 3 fully saturated rings. The number of hydrogen-bond acceptors (Lipinski definition) is 5. The Morgan fingerprint density at radius 3 is 2.50 bits per heavy atom. The van der Waals surface area contributed by atoms with Crippen LogP contribution >= 0.6 is 0 Å². The second-order valence-corrected chi connectivity index (χ2v) is 9.66. The number of phenolic OH excluding ortho intramolecular Hbond substituents is 1. The number of carbonyl (C=O) groups excluding carboxylic acids is 3. The van der Waals surface area contributed by atoms with Crippen molar-refractivity contribution < 1.29 is 24.2 Å². The zero-order valence-electron chi connectivity index (χ0n) is 16.3. The van der Waals surface area contributed by atoms with Crippen LogP contribution in [0.4, 0.5) is 0 Å². The molecule has 0 radical (unpaired) electrons. The van der Waals surface area contributed by atoms with Gasteiger partial charge in [-0.2, -0.15) is 0 Å². The normalized spacial score (nSPS) is 38.4. The van der Waals surface area contributed by atoms with Crippen LogP contribution in [0.25, 0.3) is 0 Å². The summed E-state index contributed by atoms with van der Waals surface area (Å²) in [5.41, 5.74) is 0.561. The summed E-state index contributed by atoms with van der Waals surface area (Å²) >= 11 is 0. The molecule has 5 heteroatoms. The van der Waals surface area contributed by atoms with E-state index in [-0.39, 0.29) is 58.6 Å². The highest BCUT2D eigenvalue weighted by Gasteiger charge is 2.56. The molecule has 4 aliphatic rings. The average Bonchev–Trinajstić information content (AvgIpc) is 3.05. The van der Waals surface area contributed by atoms with Crippen LogP contribution in [0.3, 0.4) is 0 Å². The van der Waals surface area contributed by atoms with Crippen LogP contribution < -0.4 is 0 Å². The number of ketones is 3. The fraction of sp³-hybridized carbons (Fsp3) is 0.609. The van der Waals surface area contributed by atoms with Gasteiger partial charge >= 0.3 is 0 Å². The van der Waals surface area contributed by atoms with Crippen LogP contribution in [-0.4, -0.2) is 34.7 Å². The third kappa shape index (κ3) is 2.38. The zero-order valence-corrected chi connectivity index (χ0v) is 16.3. The number of carbonyl (C=O) groups is 3. The van der Waals surface area contributed by atoms with Gasteiger partial charge in [0.2, 0.25) is 0 Å². The topological polar surface area (TPSA) is 80.7 Å². The Balaban J connectivity index is 1.49. The smallest absolute Gasteiger partial charge is 0.173 e. The van der Waals surface area contributed by atoms with E-state index in [4.69, 9.17) is 4.74 Å². The summed E-state index contributed by atoms with van der Waals surface area (Å²) in [6.07, 6.45) is 3.03. The average molecular weight is 382 g/mol. The first-order valence-corrected chi connectivity index (χ1v) is 10.4. The molecule has 0 spiro atoms. The van der Waals surface area contributed by atoms with Gasteiger partial charge in [0.1, 0.15) is 11.5 Å². The van der Waals surface area contributed by atoms with E-state index in [0.29, 0.717) is 11.8 Å². The summed E-state index contributed by atoms with van der Waals surface area (Å²) < 4.78 is 6.46. The molecule has 5 nitrogen and oxygen atoms in total. The number of benzene rings is 1. The van der Waals surface area contributed by atoms with Crippen molar-refractivity contribution in [3.05, 3.63) is 29.3 Å². The molecule has 1 aromatic rings. The maximum Gasteiger partial charge on any atom is 0.173 e. The van der Waals surface area contributed by atoms with Gasteiger partial charge in [-0.3, -0.25) is 14.4 Å². The van der Waals surface area contributed by atoms with Gasteiger partial charge in [0.05, 0.1) is 23.7 Å². The Morgan fingerprint density at radius 1 is 1.04 bits per heavy atom. The monoisotopic (exact) mass is 382 g/mol. The second-order valence-electron chi connectivity index (χ2n) is 9.66. The predicted molar refractivity (Wildman–Crippen MR) is 101 cm³/mol. The molecule has 0 amide bonds. The molecule has 3 saturated carbocycles. The number of ether oxygens (including phenoxy) is 1. The van der Waals surface area contributed by atoms with Crippen LogP contribution in [0.1, 0.15) is 66.7 Å². The van der Waals surface area contributed by atoms with E-state index in [2.05, 4.69) is 13.8 Å². The predicted octanol–water partition coefficient (Wildman–Crippen LogP) is 3.58. The lowest BCUT2D eigenvalue weighted by atomic mass is 9.65. The molecule has 0 aliphatic heterocycles. The summed E-state index contributed by atoms with van der Waals surface area (Å²) in [6.45, 7) is 4.58. The van der Waals surface area contributed by atoms with Crippen molar-refractivity contribution in [2.45, 2.75) is 58.2 Å². The third-order valence-electron chi connectivity index (χ3n) is 8.05. The minimum Gasteiger partial charge on any atom is -0.507 e. The number of Topliss-reactive ketones (excluding diaryl/α,β-unsaturated/α-hetero) is 3. The Hall–Kier alpha value is -2.01.